The molecule has 2 heterocycles. The number of ether oxygens (including phenoxy) is 2. The highest BCUT2D eigenvalue weighted by Gasteiger charge is 2.48. The van der Waals surface area contributed by atoms with Crippen molar-refractivity contribution < 1.29 is 36.9 Å². The van der Waals surface area contributed by atoms with Gasteiger partial charge in [-0.1, -0.05) is 6.92 Å². The number of alkyl halides is 3. The second kappa shape index (κ2) is 10.2. The summed E-state index contributed by atoms with van der Waals surface area (Å²) in [5.74, 6) is -1.95. The van der Waals surface area contributed by atoms with Crippen LogP contribution in [0.15, 0.2) is 47.6 Å². The van der Waals surface area contributed by atoms with Gasteiger partial charge in [-0.15, -0.1) is 0 Å². The fraction of sp³-hybridized carbons (Fsp3) is 0.440. The van der Waals surface area contributed by atoms with Gasteiger partial charge in [-0.05, 0) is 36.4 Å². The highest BCUT2D eigenvalue weighted by Crippen LogP contribution is 2.37. The van der Waals surface area contributed by atoms with Crippen molar-refractivity contribution in [1.29, 1.82) is 0 Å². The van der Waals surface area contributed by atoms with Crippen LogP contribution in [0.1, 0.15) is 26.2 Å². The summed E-state index contributed by atoms with van der Waals surface area (Å²) >= 11 is 0. The van der Waals surface area contributed by atoms with Gasteiger partial charge in [0.2, 0.25) is 0 Å². The molecule has 36 heavy (non-hydrogen) atoms. The van der Waals surface area contributed by atoms with Crippen LogP contribution < -0.4 is 19.4 Å². The Morgan fingerprint density at radius 2 is 1.75 bits per heavy atom. The summed E-state index contributed by atoms with van der Waals surface area (Å²) in [6, 6.07) is 10.3. The van der Waals surface area contributed by atoms with Gasteiger partial charge >= 0.3 is 12.1 Å². The van der Waals surface area contributed by atoms with E-state index in [9.17, 15) is 27.5 Å². The van der Waals surface area contributed by atoms with Crippen molar-refractivity contribution in [2.24, 2.45) is 11.0 Å². The van der Waals surface area contributed by atoms with Gasteiger partial charge in [0, 0.05) is 43.6 Å². The van der Waals surface area contributed by atoms with Crippen molar-refractivity contribution in [2.45, 2.75) is 44.5 Å². The predicted octanol–water partition coefficient (Wildman–Crippen LogP) is 5.10. The summed E-state index contributed by atoms with van der Waals surface area (Å²) < 4.78 is 65.2. The zero-order chi connectivity index (χ0) is 26.0. The zero-order valence-electron chi connectivity index (χ0n) is 19.8. The number of nitrogens with zero attached hydrogens (tertiary/aromatic N) is 3. The summed E-state index contributed by atoms with van der Waals surface area (Å²) in [6.45, 7) is 2.68. The fourth-order valence-electron chi connectivity index (χ4n) is 4.64. The number of hydrazone groups is 1. The van der Waals surface area contributed by atoms with E-state index in [4.69, 9.17) is 9.47 Å². The number of hydrogen-bond donors (Lipinski definition) is 1. The Labute approximate surface area is 205 Å². The minimum absolute atomic E-state index is 0.0726. The second-order valence-electron chi connectivity index (χ2n) is 8.90. The van der Waals surface area contributed by atoms with Crippen molar-refractivity contribution in [3.63, 3.8) is 0 Å². The number of aliphatic carboxylic acids is 1. The Morgan fingerprint density at radius 3 is 2.31 bits per heavy atom. The highest BCUT2D eigenvalue weighted by atomic mass is 19.4. The highest BCUT2D eigenvalue weighted by molar-refractivity contribution is 5.95. The number of anilines is 2. The largest absolute Gasteiger partial charge is 0.494 e. The summed E-state index contributed by atoms with van der Waals surface area (Å²) in [4.78, 5) is 13.3. The number of carboxylic acid groups (broad SMARTS) is 1. The number of benzene rings is 2. The maximum absolute atomic E-state index is 14.0. The lowest BCUT2D eigenvalue weighted by Crippen LogP contribution is -2.38. The molecule has 2 atom stereocenters. The fourth-order valence-corrected chi connectivity index (χ4v) is 4.64. The molecule has 1 fully saturated rings. The molecule has 0 aliphatic carbocycles. The van der Waals surface area contributed by atoms with Crippen LogP contribution in [0.3, 0.4) is 0 Å². The standard InChI is InChI=1S/C25H27F4N3O4/c1-15-21(14-23(33)34)32(30-24(15)25(27,28)29)16-3-6-18(7-4-16)36-19-9-11-31(12-10-19)17-5-8-22(35-2)20(26)13-17/h3-8,13,15,19,21H,9-12,14H2,1-2H3,(H,33,34). The number of hydrogen-bond acceptors (Lipinski definition) is 6. The molecule has 0 bridgehead atoms. The van der Waals surface area contributed by atoms with Gasteiger partial charge < -0.3 is 19.5 Å². The van der Waals surface area contributed by atoms with Crippen LogP contribution in [-0.4, -0.2) is 55.3 Å². The van der Waals surface area contributed by atoms with E-state index in [0.29, 0.717) is 37.4 Å². The SMILES string of the molecule is COc1ccc(N2CCC(Oc3ccc(N4N=C(C(F)(F)F)C(C)C4CC(=O)O)cc3)CC2)cc1F. The third-order valence-electron chi connectivity index (χ3n) is 6.56. The minimum atomic E-state index is -4.64. The van der Waals surface area contributed by atoms with Crippen molar-refractivity contribution in [1.82, 2.24) is 0 Å². The van der Waals surface area contributed by atoms with Crippen LogP contribution in [0.5, 0.6) is 11.5 Å². The van der Waals surface area contributed by atoms with Gasteiger partial charge in [-0.2, -0.15) is 18.3 Å². The van der Waals surface area contributed by atoms with E-state index in [1.165, 1.54) is 20.1 Å². The van der Waals surface area contributed by atoms with Gasteiger partial charge in [-0.3, -0.25) is 9.80 Å². The van der Waals surface area contributed by atoms with Crippen molar-refractivity contribution in [2.75, 3.05) is 30.1 Å². The smallest absolute Gasteiger partial charge is 0.431 e. The van der Waals surface area contributed by atoms with E-state index >= 15 is 0 Å². The first-order chi connectivity index (χ1) is 17.1. The van der Waals surface area contributed by atoms with E-state index in [2.05, 4.69) is 10.0 Å². The number of halogens is 4. The summed E-state index contributed by atoms with van der Waals surface area (Å²) in [7, 11) is 1.42. The summed E-state index contributed by atoms with van der Waals surface area (Å²) in [5, 5.41) is 14.1. The number of carbonyl (C=O) groups is 1. The van der Waals surface area contributed by atoms with Crippen LogP contribution in [0.2, 0.25) is 0 Å². The molecule has 0 radical (unpaired) electrons. The number of rotatable bonds is 7. The van der Waals surface area contributed by atoms with E-state index in [0.717, 1.165) is 10.7 Å². The molecule has 7 nitrogen and oxygen atoms in total. The molecule has 0 amide bonds. The summed E-state index contributed by atoms with van der Waals surface area (Å²) in [6.07, 6.45) is -3.77. The molecule has 0 spiro atoms. The molecule has 2 aromatic rings. The Morgan fingerprint density at radius 1 is 1.11 bits per heavy atom. The van der Waals surface area contributed by atoms with Crippen molar-refractivity contribution in [3.8, 4) is 11.5 Å². The van der Waals surface area contributed by atoms with Crippen LogP contribution in [0.4, 0.5) is 28.9 Å². The molecule has 0 aromatic heterocycles. The molecule has 2 unspecified atom stereocenters. The Hall–Kier alpha value is -3.50. The first-order valence-corrected chi connectivity index (χ1v) is 11.6. The van der Waals surface area contributed by atoms with Crippen LogP contribution in [0.25, 0.3) is 0 Å². The Balaban J connectivity index is 1.39. The third kappa shape index (κ3) is 5.50. The lowest BCUT2D eigenvalue weighted by Gasteiger charge is -2.34. The normalized spacial score (nSPS) is 20.9. The molecule has 2 aliphatic heterocycles. The lowest BCUT2D eigenvalue weighted by molar-refractivity contribution is -0.137. The monoisotopic (exact) mass is 509 g/mol. The van der Waals surface area contributed by atoms with E-state index in [-0.39, 0.29) is 11.9 Å². The molecule has 0 saturated carbocycles. The summed E-state index contributed by atoms with van der Waals surface area (Å²) in [5.41, 5.74) is 0.138. The molecular weight excluding hydrogens is 482 g/mol. The molecule has 4 rings (SSSR count). The molecule has 194 valence electrons. The predicted molar refractivity (Wildman–Crippen MR) is 126 cm³/mol. The molecule has 1 saturated heterocycles. The number of carboxylic acids is 1. The van der Waals surface area contributed by atoms with Crippen molar-refractivity contribution >= 4 is 23.1 Å². The first kappa shape index (κ1) is 25.6. The third-order valence-corrected chi connectivity index (χ3v) is 6.56. The van der Waals surface area contributed by atoms with Gasteiger partial charge in [0.1, 0.15) is 17.6 Å². The molecule has 2 aliphatic rings. The number of piperidine rings is 1. The average molecular weight is 510 g/mol. The van der Waals surface area contributed by atoms with Crippen LogP contribution >= 0.6 is 0 Å². The van der Waals surface area contributed by atoms with Gasteiger partial charge in [-0.25, -0.2) is 4.39 Å². The van der Waals surface area contributed by atoms with Crippen LogP contribution in [0, 0.1) is 11.7 Å². The van der Waals surface area contributed by atoms with E-state index < -0.39 is 42.1 Å². The molecule has 1 N–H and O–H groups in total. The van der Waals surface area contributed by atoms with E-state index in [1.54, 1.807) is 30.3 Å². The van der Waals surface area contributed by atoms with E-state index in [1.807, 2.05) is 6.07 Å². The minimum Gasteiger partial charge on any atom is -0.494 e. The Bertz CT molecular complexity index is 1120. The Kier molecular flexibility index (Phi) is 7.28. The molecule has 2 aromatic carbocycles. The zero-order valence-corrected chi connectivity index (χ0v) is 19.8. The second-order valence-corrected chi connectivity index (χ2v) is 8.90. The maximum atomic E-state index is 14.0. The lowest BCUT2D eigenvalue weighted by atomic mass is 9.94. The molecule has 11 heteroatoms. The van der Waals surface area contributed by atoms with Gasteiger partial charge in [0.15, 0.2) is 11.6 Å². The van der Waals surface area contributed by atoms with Crippen LogP contribution in [-0.2, 0) is 4.79 Å². The maximum Gasteiger partial charge on any atom is 0.431 e. The quantitative estimate of drug-likeness (QED) is 0.524. The molecular formula is C25H27F4N3O4. The first-order valence-electron chi connectivity index (χ1n) is 11.6. The van der Waals surface area contributed by atoms with Gasteiger partial charge in [0.25, 0.3) is 0 Å². The topological polar surface area (TPSA) is 74.6 Å². The number of methoxy groups -OCH3 is 1. The average Bonchev–Trinajstić information content (AvgIpc) is 3.16. The van der Waals surface area contributed by atoms with Gasteiger partial charge in [0.05, 0.1) is 25.3 Å². The van der Waals surface area contributed by atoms with Crippen molar-refractivity contribution in [3.05, 3.63) is 48.3 Å².